The first kappa shape index (κ1) is 16.7. The van der Waals surface area contributed by atoms with Crippen LogP contribution in [0.2, 0.25) is 0 Å². The molecule has 0 aliphatic carbocycles. The summed E-state index contributed by atoms with van der Waals surface area (Å²) >= 11 is 0. The molecule has 1 aromatic rings. The third kappa shape index (κ3) is 7.26. The van der Waals surface area contributed by atoms with E-state index >= 15 is 0 Å². The molecule has 0 aliphatic rings. The minimum absolute atomic E-state index is 0.000623. The predicted octanol–water partition coefficient (Wildman–Crippen LogP) is 3.30. The summed E-state index contributed by atoms with van der Waals surface area (Å²) in [6.45, 7) is 7.91. The van der Waals surface area contributed by atoms with Crippen molar-refractivity contribution in [3.8, 4) is 0 Å². The molecular weight excluding hydrogens is 256 g/mol. The van der Waals surface area contributed by atoms with Crippen molar-refractivity contribution < 1.29 is 19.0 Å². The third-order valence-corrected chi connectivity index (χ3v) is 2.42. The van der Waals surface area contributed by atoms with Gasteiger partial charge in [0, 0.05) is 0 Å². The summed E-state index contributed by atoms with van der Waals surface area (Å²) in [5, 5.41) is 0. The lowest BCUT2D eigenvalue weighted by molar-refractivity contribution is -0.193. The zero-order valence-corrected chi connectivity index (χ0v) is 12.7. The lowest BCUT2D eigenvalue weighted by atomic mass is 10.2. The summed E-state index contributed by atoms with van der Waals surface area (Å²) in [6.07, 6.45) is -0.456. The smallest absolute Gasteiger partial charge is 0.311 e. The van der Waals surface area contributed by atoms with Gasteiger partial charge in [-0.3, -0.25) is 4.79 Å². The molecule has 4 nitrogen and oxygen atoms in total. The zero-order chi connectivity index (χ0) is 15.0. The molecule has 0 bridgehead atoms. The maximum atomic E-state index is 11.8. The Hall–Kier alpha value is -1.39. The summed E-state index contributed by atoms with van der Waals surface area (Å²) in [6, 6.07) is 9.58. The highest BCUT2D eigenvalue weighted by Crippen LogP contribution is 2.10. The fourth-order valence-corrected chi connectivity index (χ4v) is 1.67. The van der Waals surface area contributed by atoms with Crippen LogP contribution in [-0.4, -0.2) is 24.5 Å². The molecule has 0 N–H and O–H groups in total. The van der Waals surface area contributed by atoms with Crippen molar-refractivity contribution in [2.75, 3.05) is 0 Å². The van der Waals surface area contributed by atoms with Gasteiger partial charge in [0.15, 0.2) is 6.29 Å². The lowest BCUT2D eigenvalue weighted by Gasteiger charge is -2.22. The molecule has 0 amide bonds. The van der Waals surface area contributed by atoms with Crippen molar-refractivity contribution in [1.29, 1.82) is 0 Å². The Labute approximate surface area is 121 Å². The fourth-order valence-electron chi connectivity index (χ4n) is 1.67. The maximum Gasteiger partial charge on any atom is 0.311 e. The first-order valence-corrected chi connectivity index (χ1v) is 6.98. The summed E-state index contributed by atoms with van der Waals surface area (Å²) in [7, 11) is 0. The van der Waals surface area contributed by atoms with E-state index in [0.717, 1.165) is 5.56 Å². The molecule has 0 saturated carbocycles. The van der Waals surface area contributed by atoms with Crippen molar-refractivity contribution in [3.63, 3.8) is 0 Å². The van der Waals surface area contributed by atoms with Gasteiger partial charge in [-0.05, 0) is 33.3 Å². The molecule has 0 aromatic heterocycles. The van der Waals surface area contributed by atoms with E-state index in [0.29, 0.717) is 0 Å². The molecule has 0 spiro atoms. The topological polar surface area (TPSA) is 44.8 Å². The molecule has 0 aliphatic heterocycles. The second-order valence-corrected chi connectivity index (χ2v) is 5.15. The van der Waals surface area contributed by atoms with Gasteiger partial charge >= 0.3 is 5.97 Å². The fraction of sp³-hybridized carbons (Fsp3) is 0.562. The van der Waals surface area contributed by atoms with E-state index in [4.69, 9.17) is 14.2 Å². The summed E-state index contributed by atoms with van der Waals surface area (Å²) in [5.74, 6) is -0.319. The van der Waals surface area contributed by atoms with Gasteiger partial charge in [0.05, 0.1) is 18.6 Å². The van der Waals surface area contributed by atoms with Crippen LogP contribution in [0.5, 0.6) is 0 Å². The van der Waals surface area contributed by atoms with Gasteiger partial charge in [0.2, 0.25) is 0 Å². The number of hydrogen-bond acceptors (Lipinski definition) is 4. The minimum Gasteiger partial charge on any atom is -0.461 e. The Morgan fingerprint density at radius 3 is 2.05 bits per heavy atom. The van der Waals surface area contributed by atoms with E-state index in [1.165, 1.54) is 0 Å². The van der Waals surface area contributed by atoms with Crippen molar-refractivity contribution in [2.45, 2.75) is 59.2 Å². The van der Waals surface area contributed by atoms with E-state index in [-0.39, 0.29) is 31.2 Å². The number of carbonyl (C=O) groups is 1. The van der Waals surface area contributed by atoms with Crippen LogP contribution in [-0.2, 0) is 25.6 Å². The molecule has 1 aromatic carbocycles. The zero-order valence-electron chi connectivity index (χ0n) is 12.7. The van der Waals surface area contributed by atoms with Gasteiger partial charge in [-0.15, -0.1) is 0 Å². The molecule has 1 rings (SSSR count). The Morgan fingerprint density at radius 2 is 1.55 bits per heavy atom. The van der Waals surface area contributed by atoms with Crippen LogP contribution in [0.4, 0.5) is 0 Å². The molecule has 0 saturated heterocycles. The van der Waals surface area contributed by atoms with Crippen LogP contribution in [0, 0.1) is 0 Å². The van der Waals surface area contributed by atoms with Crippen molar-refractivity contribution in [1.82, 2.24) is 0 Å². The number of benzene rings is 1. The van der Waals surface area contributed by atoms with Gasteiger partial charge < -0.3 is 14.2 Å². The highest BCUT2D eigenvalue weighted by atomic mass is 16.7. The highest BCUT2D eigenvalue weighted by Gasteiger charge is 2.19. The molecular formula is C16H24O4. The SMILES string of the molecule is CC(C)OC(CC(=O)OCc1ccccc1)OC(C)C. The van der Waals surface area contributed by atoms with Crippen LogP contribution >= 0.6 is 0 Å². The Bertz CT molecular complexity index is 377. The molecule has 0 atom stereocenters. The summed E-state index contributed by atoms with van der Waals surface area (Å²) in [5.41, 5.74) is 0.965. The monoisotopic (exact) mass is 280 g/mol. The standard InChI is InChI=1S/C16H24O4/c1-12(2)19-16(20-13(3)4)10-15(17)18-11-14-8-6-5-7-9-14/h5-9,12-13,16H,10-11H2,1-4H3. The van der Waals surface area contributed by atoms with Gasteiger partial charge in [-0.25, -0.2) is 0 Å². The molecule has 4 heteroatoms. The second kappa shape index (κ2) is 8.72. The largest absolute Gasteiger partial charge is 0.461 e. The number of ether oxygens (including phenoxy) is 3. The molecule has 0 heterocycles. The van der Waals surface area contributed by atoms with Crippen LogP contribution < -0.4 is 0 Å². The first-order valence-electron chi connectivity index (χ1n) is 6.98. The van der Waals surface area contributed by atoms with Gasteiger partial charge in [0.25, 0.3) is 0 Å². The highest BCUT2D eigenvalue weighted by molar-refractivity contribution is 5.69. The molecule has 0 radical (unpaired) electrons. The van der Waals surface area contributed by atoms with Gasteiger partial charge in [-0.2, -0.15) is 0 Å². The van der Waals surface area contributed by atoms with Crippen molar-refractivity contribution >= 4 is 5.97 Å². The van der Waals surface area contributed by atoms with Crippen LogP contribution in [0.3, 0.4) is 0 Å². The summed E-state index contributed by atoms with van der Waals surface area (Å²) in [4.78, 5) is 11.8. The van der Waals surface area contributed by atoms with E-state index in [9.17, 15) is 4.79 Å². The van der Waals surface area contributed by atoms with E-state index in [1.807, 2.05) is 58.0 Å². The number of esters is 1. The number of rotatable bonds is 8. The molecule has 20 heavy (non-hydrogen) atoms. The molecule has 112 valence electrons. The van der Waals surface area contributed by atoms with Crippen molar-refractivity contribution in [2.24, 2.45) is 0 Å². The van der Waals surface area contributed by atoms with Gasteiger partial charge in [-0.1, -0.05) is 30.3 Å². The minimum atomic E-state index is -0.557. The second-order valence-electron chi connectivity index (χ2n) is 5.15. The Morgan fingerprint density at radius 1 is 1.00 bits per heavy atom. The van der Waals surface area contributed by atoms with E-state index in [2.05, 4.69) is 0 Å². The van der Waals surface area contributed by atoms with Crippen LogP contribution in [0.25, 0.3) is 0 Å². The third-order valence-electron chi connectivity index (χ3n) is 2.42. The predicted molar refractivity (Wildman–Crippen MR) is 77.1 cm³/mol. The Kier molecular flexibility index (Phi) is 7.26. The average molecular weight is 280 g/mol. The maximum absolute atomic E-state index is 11.8. The Balaban J connectivity index is 2.40. The van der Waals surface area contributed by atoms with E-state index in [1.54, 1.807) is 0 Å². The van der Waals surface area contributed by atoms with Crippen molar-refractivity contribution in [3.05, 3.63) is 35.9 Å². The van der Waals surface area contributed by atoms with Gasteiger partial charge in [0.1, 0.15) is 6.61 Å². The van der Waals surface area contributed by atoms with Crippen LogP contribution in [0.15, 0.2) is 30.3 Å². The summed E-state index contributed by atoms with van der Waals surface area (Å²) < 4.78 is 16.3. The molecule has 0 unspecified atom stereocenters. The lowest BCUT2D eigenvalue weighted by Crippen LogP contribution is -2.28. The van der Waals surface area contributed by atoms with Crippen LogP contribution in [0.1, 0.15) is 39.7 Å². The quantitative estimate of drug-likeness (QED) is 0.541. The van der Waals surface area contributed by atoms with E-state index < -0.39 is 6.29 Å². The molecule has 0 fully saturated rings. The average Bonchev–Trinajstić information content (AvgIpc) is 2.36. The first-order chi connectivity index (χ1) is 9.47. The number of hydrogen-bond donors (Lipinski definition) is 0. The number of carbonyl (C=O) groups excluding carboxylic acids is 1. The normalized spacial score (nSPS) is 11.3.